The zero-order valence-corrected chi connectivity index (χ0v) is 10.5. The maximum atomic E-state index is 10.8. The molecule has 5 heteroatoms. The number of hydrogen-bond donors (Lipinski definition) is 2. The van der Waals surface area contributed by atoms with Gasteiger partial charge in [-0.25, -0.2) is 4.79 Å². The Morgan fingerprint density at radius 3 is 2.79 bits per heavy atom. The molecule has 2 N–H and O–H groups in total. The van der Waals surface area contributed by atoms with E-state index in [9.17, 15) is 4.79 Å². The van der Waals surface area contributed by atoms with Gasteiger partial charge in [-0.05, 0) is 37.6 Å². The summed E-state index contributed by atoms with van der Waals surface area (Å²) < 4.78 is 5.07. The van der Waals surface area contributed by atoms with Crippen LogP contribution in [-0.2, 0) is 0 Å². The number of H-pyrrole nitrogens is 1. The van der Waals surface area contributed by atoms with E-state index in [1.807, 2.05) is 32.0 Å². The van der Waals surface area contributed by atoms with Gasteiger partial charge in [0.2, 0.25) is 0 Å². The molecule has 0 spiro atoms. The summed E-state index contributed by atoms with van der Waals surface area (Å²) in [5.74, 6) is -0.637. The van der Waals surface area contributed by atoms with Gasteiger partial charge in [-0.15, -0.1) is 0 Å². The van der Waals surface area contributed by atoms with Crippen molar-refractivity contribution in [1.29, 1.82) is 0 Å². The maximum Gasteiger partial charge on any atom is 0.358 e. The van der Waals surface area contributed by atoms with E-state index in [1.165, 1.54) is 11.6 Å². The average molecular weight is 256 g/mol. The van der Waals surface area contributed by atoms with Crippen molar-refractivity contribution in [1.82, 2.24) is 10.1 Å². The van der Waals surface area contributed by atoms with Gasteiger partial charge in [-0.1, -0.05) is 5.16 Å². The van der Waals surface area contributed by atoms with Crippen LogP contribution in [0.2, 0.25) is 0 Å². The first-order chi connectivity index (χ1) is 9.06. The predicted octanol–water partition coefficient (Wildman–Crippen LogP) is 3.14. The van der Waals surface area contributed by atoms with E-state index in [2.05, 4.69) is 10.1 Å². The van der Waals surface area contributed by atoms with E-state index in [4.69, 9.17) is 9.63 Å². The third-order valence-corrected chi connectivity index (χ3v) is 3.32. The number of aromatic amines is 1. The van der Waals surface area contributed by atoms with E-state index in [-0.39, 0.29) is 5.69 Å². The largest absolute Gasteiger partial charge is 0.476 e. The molecule has 5 nitrogen and oxygen atoms in total. The van der Waals surface area contributed by atoms with Crippen LogP contribution in [0.1, 0.15) is 21.7 Å². The smallest absolute Gasteiger partial charge is 0.358 e. The van der Waals surface area contributed by atoms with E-state index in [0.717, 1.165) is 22.2 Å². The highest BCUT2D eigenvalue weighted by Crippen LogP contribution is 2.28. The van der Waals surface area contributed by atoms with Crippen LogP contribution in [0.4, 0.5) is 0 Å². The van der Waals surface area contributed by atoms with Crippen molar-refractivity contribution in [3.05, 3.63) is 41.2 Å². The molecule has 3 aromatic rings. The second kappa shape index (κ2) is 3.98. The third-order valence-electron chi connectivity index (χ3n) is 3.32. The van der Waals surface area contributed by atoms with Crippen LogP contribution in [0.15, 0.2) is 28.8 Å². The molecule has 0 amide bonds. The molecule has 0 unspecified atom stereocenters. The monoisotopic (exact) mass is 256 g/mol. The number of carbonyl (C=O) groups is 1. The Morgan fingerprint density at radius 1 is 1.32 bits per heavy atom. The van der Waals surface area contributed by atoms with Crippen LogP contribution in [0, 0.1) is 13.8 Å². The summed E-state index contributed by atoms with van der Waals surface area (Å²) >= 11 is 0. The topological polar surface area (TPSA) is 79.1 Å². The van der Waals surface area contributed by atoms with Crippen LogP contribution in [0.5, 0.6) is 0 Å². The fraction of sp³-hybridized carbons (Fsp3) is 0.143. The summed E-state index contributed by atoms with van der Waals surface area (Å²) in [5.41, 5.74) is 4.08. The molecular formula is C14H12N2O3. The summed E-state index contributed by atoms with van der Waals surface area (Å²) in [5, 5.41) is 13.5. The zero-order valence-electron chi connectivity index (χ0n) is 10.5. The molecular weight excluding hydrogens is 244 g/mol. The quantitative estimate of drug-likeness (QED) is 0.738. The highest BCUT2D eigenvalue weighted by Gasteiger charge is 2.13. The number of aryl methyl sites for hydroxylation is 2. The van der Waals surface area contributed by atoms with Gasteiger partial charge in [0.1, 0.15) is 0 Å². The first kappa shape index (κ1) is 11.5. The summed E-state index contributed by atoms with van der Waals surface area (Å²) in [6.07, 6.45) is 0. The van der Waals surface area contributed by atoms with Crippen molar-refractivity contribution < 1.29 is 14.4 Å². The van der Waals surface area contributed by atoms with E-state index in [1.54, 1.807) is 0 Å². The van der Waals surface area contributed by atoms with Crippen molar-refractivity contribution >= 4 is 16.9 Å². The van der Waals surface area contributed by atoms with Crippen molar-refractivity contribution in [2.75, 3.05) is 0 Å². The highest BCUT2D eigenvalue weighted by molar-refractivity contribution is 5.90. The standard InChI is InChI=1S/C14H12N2O3/c1-7-8(2)15-11-4-3-9(5-10(7)11)13-6-12(14(17)18)16-19-13/h3-6,15H,1-2H3,(H,17,18). The normalized spacial score (nSPS) is 11.1. The molecule has 0 saturated heterocycles. The molecule has 96 valence electrons. The fourth-order valence-electron chi connectivity index (χ4n) is 2.13. The highest BCUT2D eigenvalue weighted by atomic mass is 16.5. The van der Waals surface area contributed by atoms with Crippen molar-refractivity contribution in [2.24, 2.45) is 0 Å². The Hall–Kier alpha value is -2.56. The number of rotatable bonds is 2. The number of benzene rings is 1. The fourth-order valence-corrected chi connectivity index (χ4v) is 2.13. The number of hydrogen-bond acceptors (Lipinski definition) is 3. The van der Waals surface area contributed by atoms with Gasteiger partial charge in [-0.2, -0.15) is 0 Å². The molecule has 0 aliphatic heterocycles. The molecule has 2 heterocycles. The molecule has 0 aliphatic rings. The SMILES string of the molecule is Cc1[nH]c2ccc(-c3cc(C(=O)O)no3)cc2c1C. The first-order valence-corrected chi connectivity index (χ1v) is 5.85. The van der Waals surface area contributed by atoms with E-state index in [0.29, 0.717) is 5.76 Å². The Balaban J connectivity index is 2.14. The van der Waals surface area contributed by atoms with Crippen LogP contribution in [0.3, 0.4) is 0 Å². The minimum Gasteiger partial charge on any atom is -0.476 e. The van der Waals surface area contributed by atoms with Gasteiger partial charge in [0.05, 0.1) is 0 Å². The number of nitrogens with one attached hydrogen (secondary N) is 1. The molecule has 0 fully saturated rings. The molecule has 0 aliphatic carbocycles. The molecule has 2 aromatic heterocycles. The van der Waals surface area contributed by atoms with Gasteiger partial charge in [0.15, 0.2) is 11.5 Å². The van der Waals surface area contributed by atoms with Crippen molar-refractivity contribution in [3.8, 4) is 11.3 Å². The number of carboxylic acid groups (broad SMARTS) is 1. The minimum atomic E-state index is -1.09. The molecule has 0 saturated carbocycles. The lowest BCUT2D eigenvalue weighted by atomic mass is 10.1. The second-order valence-corrected chi connectivity index (χ2v) is 4.52. The van der Waals surface area contributed by atoms with Crippen LogP contribution < -0.4 is 0 Å². The average Bonchev–Trinajstić information content (AvgIpc) is 2.96. The van der Waals surface area contributed by atoms with Gasteiger partial charge in [0.25, 0.3) is 0 Å². The third kappa shape index (κ3) is 1.79. The van der Waals surface area contributed by atoms with Gasteiger partial charge < -0.3 is 14.6 Å². The van der Waals surface area contributed by atoms with Crippen molar-refractivity contribution in [3.63, 3.8) is 0 Å². The molecule has 19 heavy (non-hydrogen) atoms. The maximum absolute atomic E-state index is 10.8. The number of nitrogens with zero attached hydrogens (tertiary/aromatic N) is 1. The van der Waals surface area contributed by atoms with Crippen LogP contribution >= 0.6 is 0 Å². The lowest BCUT2D eigenvalue weighted by molar-refractivity contribution is 0.0686. The Morgan fingerprint density at radius 2 is 2.11 bits per heavy atom. The number of carboxylic acids is 1. The lowest BCUT2D eigenvalue weighted by Gasteiger charge is -1.97. The van der Waals surface area contributed by atoms with Crippen LogP contribution in [-0.4, -0.2) is 21.2 Å². The lowest BCUT2D eigenvalue weighted by Crippen LogP contribution is -1.94. The summed E-state index contributed by atoms with van der Waals surface area (Å²) in [4.78, 5) is 14.1. The van der Waals surface area contributed by atoms with E-state index >= 15 is 0 Å². The Bertz CT molecular complexity index is 783. The minimum absolute atomic E-state index is 0.0860. The van der Waals surface area contributed by atoms with Crippen molar-refractivity contribution in [2.45, 2.75) is 13.8 Å². The summed E-state index contributed by atoms with van der Waals surface area (Å²) in [6.45, 7) is 4.06. The molecule has 1 aromatic carbocycles. The molecule has 0 atom stereocenters. The van der Waals surface area contributed by atoms with E-state index < -0.39 is 5.97 Å². The zero-order chi connectivity index (χ0) is 13.6. The molecule has 3 rings (SSSR count). The number of aromatic nitrogens is 2. The van der Waals surface area contributed by atoms with Gasteiger partial charge in [0, 0.05) is 28.2 Å². The number of fused-ring (bicyclic) bond motifs is 1. The first-order valence-electron chi connectivity index (χ1n) is 5.85. The Kier molecular flexibility index (Phi) is 2.41. The molecule has 0 bridgehead atoms. The summed E-state index contributed by atoms with van der Waals surface area (Å²) in [6, 6.07) is 7.23. The van der Waals surface area contributed by atoms with Gasteiger partial charge in [-0.3, -0.25) is 0 Å². The summed E-state index contributed by atoms with van der Waals surface area (Å²) in [7, 11) is 0. The Labute approximate surface area is 108 Å². The number of aromatic carboxylic acids is 1. The van der Waals surface area contributed by atoms with Crippen LogP contribution in [0.25, 0.3) is 22.2 Å². The molecule has 0 radical (unpaired) electrons. The predicted molar refractivity (Wildman–Crippen MR) is 70.2 cm³/mol. The second-order valence-electron chi connectivity index (χ2n) is 4.52. The van der Waals surface area contributed by atoms with Gasteiger partial charge >= 0.3 is 5.97 Å².